The molecule has 0 unspecified atom stereocenters. The zero-order valence-electron chi connectivity index (χ0n) is 7.41. The number of hydrogen-bond donors (Lipinski definition) is 1. The van der Waals surface area contributed by atoms with Gasteiger partial charge in [-0.05, 0) is 18.9 Å². The summed E-state index contributed by atoms with van der Waals surface area (Å²) in [4.78, 5) is 0. The standard InChI is InChI=1S/C9H19N/c1-5-9(4)7-10-6-8(2)3/h8,10H,4-7H2,1-3H3. The van der Waals surface area contributed by atoms with Crippen LogP contribution in [-0.4, -0.2) is 13.1 Å². The van der Waals surface area contributed by atoms with Gasteiger partial charge in [0.05, 0.1) is 0 Å². The van der Waals surface area contributed by atoms with E-state index in [9.17, 15) is 0 Å². The average Bonchev–Trinajstić information content (AvgIpc) is 1.87. The summed E-state index contributed by atoms with van der Waals surface area (Å²) in [7, 11) is 0. The van der Waals surface area contributed by atoms with Crippen molar-refractivity contribution in [3.63, 3.8) is 0 Å². The van der Waals surface area contributed by atoms with E-state index in [1.165, 1.54) is 5.57 Å². The Bertz CT molecular complexity index is 94.9. The molecule has 0 aliphatic carbocycles. The van der Waals surface area contributed by atoms with Crippen LogP contribution in [0.2, 0.25) is 0 Å². The summed E-state index contributed by atoms with van der Waals surface area (Å²) in [6.45, 7) is 12.5. The number of rotatable bonds is 5. The Labute approximate surface area is 64.5 Å². The smallest absolute Gasteiger partial charge is 0.0161 e. The van der Waals surface area contributed by atoms with E-state index >= 15 is 0 Å². The van der Waals surface area contributed by atoms with Crippen molar-refractivity contribution in [3.05, 3.63) is 12.2 Å². The maximum Gasteiger partial charge on any atom is 0.0161 e. The van der Waals surface area contributed by atoms with Crippen molar-refractivity contribution in [2.45, 2.75) is 27.2 Å². The largest absolute Gasteiger partial charge is 0.313 e. The first-order valence-corrected chi connectivity index (χ1v) is 4.04. The highest BCUT2D eigenvalue weighted by atomic mass is 14.8. The van der Waals surface area contributed by atoms with Gasteiger partial charge < -0.3 is 5.32 Å². The Hall–Kier alpha value is -0.300. The molecule has 1 nitrogen and oxygen atoms in total. The molecule has 0 fully saturated rings. The van der Waals surface area contributed by atoms with Gasteiger partial charge >= 0.3 is 0 Å². The van der Waals surface area contributed by atoms with E-state index < -0.39 is 0 Å². The second kappa shape index (κ2) is 5.48. The molecule has 0 aromatic heterocycles. The highest BCUT2D eigenvalue weighted by Crippen LogP contribution is 1.94. The lowest BCUT2D eigenvalue weighted by atomic mass is 10.2. The summed E-state index contributed by atoms with van der Waals surface area (Å²) in [6.07, 6.45) is 1.09. The molecule has 0 aliphatic heterocycles. The first-order chi connectivity index (χ1) is 4.66. The van der Waals surface area contributed by atoms with Crippen molar-refractivity contribution in [2.75, 3.05) is 13.1 Å². The Morgan fingerprint density at radius 3 is 2.50 bits per heavy atom. The molecule has 0 rings (SSSR count). The van der Waals surface area contributed by atoms with E-state index in [-0.39, 0.29) is 0 Å². The van der Waals surface area contributed by atoms with Gasteiger partial charge in [0.1, 0.15) is 0 Å². The van der Waals surface area contributed by atoms with Crippen molar-refractivity contribution in [3.8, 4) is 0 Å². The predicted octanol–water partition coefficient (Wildman–Crippen LogP) is 2.20. The number of nitrogens with one attached hydrogen (secondary N) is 1. The summed E-state index contributed by atoms with van der Waals surface area (Å²) in [5.41, 5.74) is 1.29. The van der Waals surface area contributed by atoms with Gasteiger partial charge in [0.15, 0.2) is 0 Å². The SMILES string of the molecule is C=C(CC)CNCC(C)C. The molecular weight excluding hydrogens is 122 g/mol. The van der Waals surface area contributed by atoms with Gasteiger partial charge in [0, 0.05) is 6.54 Å². The summed E-state index contributed by atoms with van der Waals surface area (Å²) in [6, 6.07) is 0. The van der Waals surface area contributed by atoms with Crippen molar-refractivity contribution in [1.29, 1.82) is 0 Å². The maximum atomic E-state index is 3.91. The molecule has 0 atom stereocenters. The van der Waals surface area contributed by atoms with E-state index in [2.05, 4.69) is 32.7 Å². The molecule has 0 radical (unpaired) electrons. The van der Waals surface area contributed by atoms with Crippen LogP contribution in [0.1, 0.15) is 27.2 Å². The van der Waals surface area contributed by atoms with E-state index in [4.69, 9.17) is 0 Å². The molecule has 10 heavy (non-hydrogen) atoms. The number of hydrogen-bond acceptors (Lipinski definition) is 1. The van der Waals surface area contributed by atoms with Crippen LogP contribution in [0.5, 0.6) is 0 Å². The molecule has 1 heteroatoms. The zero-order chi connectivity index (χ0) is 7.98. The van der Waals surface area contributed by atoms with Gasteiger partial charge in [-0.3, -0.25) is 0 Å². The quantitative estimate of drug-likeness (QED) is 0.579. The maximum absolute atomic E-state index is 3.91. The molecule has 0 aromatic carbocycles. The van der Waals surface area contributed by atoms with E-state index in [1.54, 1.807) is 0 Å². The molecule has 0 aromatic rings. The fraction of sp³-hybridized carbons (Fsp3) is 0.778. The van der Waals surface area contributed by atoms with Gasteiger partial charge in [-0.2, -0.15) is 0 Å². The summed E-state index contributed by atoms with van der Waals surface area (Å²) >= 11 is 0. The fourth-order valence-electron chi connectivity index (χ4n) is 0.663. The third-order valence-corrected chi connectivity index (χ3v) is 1.43. The first kappa shape index (κ1) is 9.70. The van der Waals surface area contributed by atoms with Gasteiger partial charge in [-0.1, -0.05) is 32.9 Å². The second-order valence-electron chi connectivity index (χ2n) is 3.13. The molecule has 0 amide bonds. The normalized spacial score (nSPS) is 10.4. The molecular formula is C9H19N. The van der Waals surface area contributed by atoms with Crippen LogP contribution in [0.3, 0.4) is 0 Å². The van der Waals surface area contributed by atoms with Crippen LogP contribution < -0.4 is 5.32 Å². The van der Waals surface area contributed by atoms with Crippen LogP contribution in [0.4, 0.5) is 0 Å². The van der Waals surface area contributed by atoms with E-state index in [1.807, 2.05) is 0 Å². The van der Waals surface area contributed by atoms with Crippen LogP contribution in [0.25, 0.3) is 0 Å². The first-order valence-electron chi connectivity index (χ1n) is 4.04. The summed E-state index contributed by atoms with van der Waals surface area (Å²) in [5.74, 6) is 0.740. The van der Waals surface area contributed by atoms with Crippen LogP contribution in [0.15, 0.2) is 12.2 Å². The van der Waals surface area contributed by atoms with E-state index in [0.717, 1.165) is 25.4 Å². The van der Waals surface area contributed by atoms with Crippen LogP contribution in [-0.2, 0) is 0 Å². The lowest BCUT2D eigenvalue weighted by Gasteiger charge is -2.07. The van der Waals surface area contributed by atoms with Crippen molar-refractivity contribution >= 4 is 0 Å². The van der Waals surface area contributed by atoms with Crippen molar-refractivity contribution in [1.82, 2.24) is 5.32 Å². The van der Waals surface area contributed by atoms with Crippen molar-refractivity contribution in [2.24, 2.45) is 5.92 Å². The molecule has 1 N–H and O–H groups in total. The highest BCUT2D eigenvalue weighted by Gasteiger charge is 1.92. The topological polar surface area (TPSA) is 12.0 Å². The summed E-state index contributed by atoms with van der Waals surface area (Å²) in [5, 5.41) is 3.34. The molecule has 0 aliphatic rings. The zero-order valence-corrected chi connectivity index (χ0v) is 7.41. The van der Waals surface area contributed by atoms with Gasteiger partial charge in [-0.15, -0.1) is 0 Å². The minimum atomic E-state index is 0.740. The van der Waals surface area contributed by atoms with Gasteiger partial charge in [0.25, 0.3) is 0 Å². The Kier molecular flexibility index (Phi) is 5.32. The monoisotopic (exact) mass is 141 g/mol. The van der Waals surface area contributed by atoms with Crippen LogP contribution in [0, 0.1) is 5.92 Å². The van der Waals surface area contributed by atoms with E-state index in [0.29, 0.717) is 0 Å². The average molecular weight is 141 g/mol. The lowest BCUT2D eigenvalue weighted by molar-refractivity contribution is 0.569. The minimum Gasteiger partial charge on any atom is -0.313 e. The highest BCUT2D eigenvalue weighted by molar-refractivity contribution is 4.94. The lowest BCUT2D eigenvalue weighted by Crippen LogP contribution is -2.21. The third kappa shape index (κ3) is 5.83. The van der Waals surface area contributed by atoms with Crippen molar-refractivity contribution < 1.29 is 0 Å². The molecule has 60 valence electrons. The van der Waals surface area contributed by atoms with Crippen LogP contribution >= 0.6 is 0 Å². The molecule has 0 spiro atoms. The Balaban J connectivity index is 3.12. The predicted molar refractivity (Wildman–Crippen MR) is 47.1 cm³/mol. The molecule has 0 saturated carbocycles. The molecule has 0 bridgehead atoms. The van der Waals surface area contributed by atoms with Gasteiger partial charge in [0.2, 0.25) is 0 Å². The van der Waals surface area contributed by atoms with Gasteiger partial charge in [-0.25, -0.2) is 0 Å². The second-order valence-corrected chi connectivity index (χ2v) is 3.13. The third-order valence-electron chi connectivity index (χ3n) is 1.43. The molecule has 0 saturated heterocycles. The summed E-state index contributed by atoms with van der Waals surface area (Å²) < 4.78 is 0. The Morgan fingerprint density at radius 1 is 1.50 bits per heavy atom. The fourth-order valence-corrected chi connectivity index (χ4v) is 0.663. The minimum absolute atomic E-state index is 0.740. The molecule has 0 heterocycles. The Morgan fingerprint density at radius 2 is 2.10 bits per heavy atom.